The summed E-state index contributed by atoms with van der Waals surface area (Å²) >= 11 is 0. The summed E-state index contributed by atoms with van der Waals surface area (Å²) in [6.45, 7) is 5.03. The van der Waals surface area contributed by atoms with Crippen LogP contribution >= 0.6 is 0 Å². The van der Waals surface area contributed by atoms with E-state index in [2.05, 4.69) is 29.2 Å². The normalized spacial score (nSPS) is 12.5. The van der Waals surface area contributed by atoms with Crippen LogP contribution in [0.4, 0.5) is 0 Å². The summed E-state index contributed by atoms with van der Waals surface area (Å²) in [5, 5.41) is 0. The van der Waals surface area contributed by atoms with Crippen molar-refractivity contribution in [1.29, 1.82) is 0 Å². The number of rotatable bonds is 5. The first-order valence-electron chi connectivity index (χ1n) is 5.75. The molecule has 3 N–H and O–H groups in total. The van der Waals surface area contributed by atoms with E-state index in [4.69, 9.17) is 5.84 Å². The van der Waals surface area contributed by atoms with Crippen molar-refractivity contribution in [3.05, 3.63) is 29.6 Å². The van der Waals surface area contributed by atoms with Crippen LogP contribution in [0.1, 0.15) is 36.5 Å². The van der Waals surface area contributed by atoms with Crippen molar-refractivity contribution < 1.29 is 4.79 Å². The molecular weight excluding hydrogens is 216 g/mol. The number of hydrazine groups is 1. The Kier molecular flexibility index (Phi) is 5.06. The van der Waals surface area contributed by atoms with E-state index in [0.717, 1.165) is 18.7 Å². The maximum Gasteiger partial charge on any atom is 0.283 e. The zero-order chi connectivity index (χ0) is 12.8. The van der Waals surface area contributed by atoms with Crippen molar-refractivity contribution in [2.75, 3.05) is 7.05 Å². The number of hydrogen-bond donors (Lipinski definition) is 2. The molecule has 1 rings (SSSR count). The van der Waals surface area contributed by atoms with Gasteiger partial charge in [-0.1, -0.05) is 13.0 Å². The van der Waals surface area contributed by atoms with Gasteiger partial charge in [0.25, 0.3) is 5.91 Å². The summed E-state index contributed by atoms with van der Waals surface area (Å²) in [6, 6.07) is 5.86. The Morgan fingerprint density at radius 3 is 2.88 bits per heavy atom. The molecule has 1 aromatic rings. The molecule has 1 heterocycles. The van der Waals surface area contributed by atoms with Crippen LogP contribution in [0.2, 0.25) is 0 Å². The van der Waals surface area contributed by atoms with Gasteiger partial charge in [-0.15, -0.1) is 0 Å². The van der Waals surface area contributed by atoms with Gasteiger partial charge in [0.1, 0.15) is 5.69 Å². The van der Waals surface area contributed by atoms with Crippen LogP contribution in [-0.2, 0) is 6.54 Å². The van der Waals surface area contributed by atoms with E-state index in [1.54, 1.807) is 6.07 Å². The van der Waals surface area contributed by atoms with Crippen molar-refractivity contribution in [3.8, 4) is 0 Å². The zero-order valence-electron chi connectivity index (χ0n) is 10.6. The van der Waals surface area contributed by atoms with Gasteiger partial charge >= 0.3 is 0 Å². The molecule has 0 saturated carbocycles. The average molecular weight is 236 g/mol. The van der Waals surface area contributed by atoms with E-state index >= 15 is 0 Å². The molecule has 0 bridgehead atoms. The van der Waals surface area contributed by atoms with Gasteiger partial charge < -0.3 is 0 Å². The molecule has 17 heavy (non-hydrogen) atoms. The van der Waals surface area contributed by atoms with E-state index in [9.17, 15) is 4.79 Å². The molecule has 1 atom stereocenters. The number of hydrogen-bond acceptors (Lipinski definition) is 4. The number of carbonyl (C=O) groups excluding carboxylic acids is 1. The Morgan fingerprint density at radius 2 is 2.29 bits per heavy atom. The molecule has 5 nitrogen and oxygen atoms in total. The lowest BCUT2D eigenvalue weighted by Crippen LogP contribution is -2.31. The van der Waals surface area contributed by atoms with Crippen LogP contribution in [0.15, 0.2) is 18.2 Å². The quantitative estimate of drug-likeness (QED) is 0.453. The first-order valence-corrected chi connectivity index (χ1v) is 5.75. The highest BCUT2D eigenvalue weighted by molar-refractivity contribution is 5.91. The van der Waals surface area contributed by atoms with Gasteiger partial charge in [0.05, 0.1) is 5.69 Å². The van der Waals surface area contributed by atoms with Crippen molar-refractivity contribution in [1.82, 2.24) is 15.3 Å². The van der Waals surface area contributed by atoms with Gasteiger partial charge in [0.15, 0.2) is 0 Å². The van der Waals surface area contributed by atoms with Crippen molar-refractivity contribution in [3.63, 3.8) is 0 Å². The topological polar surface area (TPSA) is 71.2 Å². The highest BCUT2D eigenvalue weighted by atomic mass is 16.2. The molecule has 5 heteroatoms. The number of nitrogen functional groups attached to an aromatic ring is 1. The predicted molar refractivity (Wildman–Crippen MR) is 67.1 cm³/mol. The number of nitrogens with two attached hydrogens (primary N) is 1. The minimum Gasteiger partial charge on any atom is -0.298 e. The molecule has 0 aliphatic heterocycles. The summed E-state index contributed by atoms with van der Waals surface area (Å²) in [7, 11) is 2.05. The van der Waals surface area contributed by atoms with Crippen LogP contribution in [0.3, 0.4) is 0 Å². The lowest BCUT2D eigenvalue weighted by atomic mass is 10.2. The van der Waals surface area contributed by atoms with Crippen LogP contribution < -0.4 is 11.3 Å². The molecule has 1 aromatic heterocycles. The Labute approximate surface area is 102 Å². The Hall–Kier alpha value is -1.46. The number of nitrogens with zero attached hydrogens (tertiary/aromatic N) is 2. The first kappa shape index (κ1) is 13.6. The number of nitrogens with one attached hydrogen (secondary N) is 1. The second kappa shape index (κ2) is 6.32. The second-order valence-corrected chi connectivity index (χ2v) is 4.16. The molecule has 94 valence electrons. The van der Waals surface area contributed by atoms with E-state index in [0.29, 0.717) is 11.7 Å². The fourth-order valence-corrected chi connectivity index (χ4v) is 1.49. The van der Waals surface area contributed by atoms with E-state index in [1.807, 2.05) is 19.2 Å². The third-order valence-corrected chi connectivity index (χ3v) is 2.93. The molecule has 0 aliphatic carbocycles. The smallest absolute Gasteiger partial charge is 0.283 e. The first-order chi connectivity index (χ1) is 8.08. The Bertz CT molecular complexity index is 381. The largest absolute Gasteiger partial charge is 0.298 e. The maximum atomic E-state index is 11.3. The lowest BCUT2D eigenvalue weighted by Gasteiger charge is -2.23. The van der Waals surface area contributed by atoms with Crippen LogP contribution in [0, 0.1) is 0 Å². The predicted octanol–water partition coefficient (Wildman–Crippen LogP) is 0.915. The molecule has 0 spiro atoms. The van der Waals surface area contributed by atoms with Gasteiger partial charge in [-0.2, -0.15) is 0 Å². The van der Waals surface area contributed by atoms with E-state index < -0.39 is 0 Å². The van der Waals surface area contributed by atoms with Crippen molar-refractivity contribution in [2.45, 2.75) is 32.9 Å². The maximum absolute atomic E-state index is 11.3. The number of aromatic nitrogens is 1. The van der Waals surface area contributed by atoms with Gasteiger partial charge in [0, 0.05) is 12.6 Å². The van der Waals surface area contributed by atoms with Gasteiger partial charge in [-0.05, 0) is 32.5 Å². The molecule has 0 aromatic carbocycles. The van der Waals surface area contributed by atoms with Crippen molar-refractivity contribution >= 4 is 5.91 Å². The van der Waals surface area contributed by atoms with Crippen LogP contribution in [0.5, 0.6) is 0 Å². The zero-order valence-corrected chi connectivity index (χ0v) is 10.6. The number of carbonyl (C=O) groups is 1. The number of pyridine rings is 1. The SMILES string of the molecule is CCC(C)N(C)Cc1cccc(C(=O)NN)n1. The lowest BCUT2D eigenvalue weighted by molar-refractivity contribution is 0.0948. The Balaban J connectivity index is 2.75. The molecule has 1 amide bonds. The summed E-state index contributed by atoms with van der Waals surface area (Å²) in [5.74, 6) is 4.71. The van der Waals surface area contributed by atoms with Crippen LogP contribution in [-0.4, -0.2) is 28.9 Å². The molecule has 0 radical (unpaired) electrons. The minimum atomic E-state index is -0.363. The average Bonchev–Trinajstić information content (AvgIpc) is 2.37. The molecule has 0 fully saturated rings. The van der Waals surface area contributed by atoms with E-state index in [1.165, 1.54) is 0 Å². The third-order valence-electron chi connectivity index (χ3n) is 2.93. The van der Waals surface area contributed by atoms with Gasteiger partial charge in [0.2, 0.25) is 0 Å². The number of amides is 1. The highest BCUT2D eigenvalue weighted by Gasteiger charge is 2.10. The Morgan fingerprint density at radius 1 is 1.59 bits per heavy atom. The summed E-state index contributed by atoms with van der Waals surface area (Å²) < 4.78 is 0. The fourth-order valence-electron chi connectivity index (χ4n) is 1.49. The summed E-state index contributed by atoms with van der Waals surface area (Å²) in [5.41, 5.74) is 3.30. The highest BCUT2D eigenvalue weighted by Crippen LogP contribution is 2.07. The van der Waals surface area contributed by atoms with Gasteiger partial charge in [-0.3, -0.25) is 15.1 Å². The van der Waals surface area contributed by atoms with Gasteiger partial charge in [-0.25, -0.2) is 10.8 Å². The third kappa shape index (κ3) is 3.80. The molecule has 0 saturated heterocycles. The standard InChI is InChI=1S/C12H20N4O/c1-4-9(2)16(3)8-10-6-5-7-11(14-10)12(17)15-13/h5-7,9H,4,8,13H2,1-3H3,(H,15,17). The molecular formula is C12H20N4O. The second-order valence-electron chi connectivity index (χ2n) is 4.16. The molecule has 1 unspecified atom stereocenters. The summed E-state index contributed by atoms with van der Waals surface area (Å²) in [6.07, 6.45) is 1.08. The fraction of sp³-hybridized carbons (Fsp3) is 0.500. The van der Waals surface area contributed by atoms with Crippen LogP contribution in [0.25, 0.3) is 0 Å². The van der Waals surface area contributed by atoms with Crippen molar-refractivity contribution in [2.24, 2.45) is 5.84 Å². The minimum absolute atomic E-state index is 0.350. The molecule has 0 aliphatic rings. The summed E-state index contributed by atoms with van der Waals surface area (Å²) in [4.78, 5) is 17.8. The monoisotopic (exact) mass is 236 g/mol. The van der Waals surface area contributed by atoms with E-state index in [-0.39, 0.29) is 5.91 Å².